The molecule has 164 valence electrons. The SMILES string of the molecule is C[CH]=[Zr+2]([C]1=C(OCCO[Si](C)(C)C)C=CC1)[CH]1c2ccccc2-c2ccccc21.[Cl-].[Cl-]. The van der Waals surface area contributed by atoms with Crippen molar-refractivity contribution in [1.82, 2.24) is 0 Å². The van der Waals surface area contributed by atoms with E-state index >= 15 is 0 Å². The maximum Gasteiger partial charge on any atom is -1.00 e. The quantitative estimate of drug-likeness (QED) is 0.362. The number of halogens is 2. The molecule has 0 bridgehead atoms. The van der Waals surface area contributed by atoms with Crippen LogP contribution in [0.25, 0.3) is 11.1 Å². The molecule has 0 amide bonds. The Morgan fingerprint density at radius 1 is 0.935 bits per heavy atom. The molecule has 0 saturated carbocycles. The van der Waals surface area contributed by atoms with Crippen LogP contribution in [0, 0.1) is 0 Å². The van der Waals surface area contributed by atoms with Gasteiger partial charge < -0.3 is 24.8 Å². The third kappa shape index (κ3) is 5.78. The summed E-state index contributed by atoms with van der Waals surface area (Å²) in [5.74, 6) is 1.12. The second kappa shape index (κ2) is 11.4. The van der Waals surface area contributed by atoms with Gasteiger partial charge in [0.2, 0.25) is 0 Å². The van der Waals surface area contributed by atoms with E-state index in [2.05, 4.69) is 91.0 Å². The fourth-order valence-corrected chi connectivity index (χ4v) is 12.4. The molecule has 0 saturated heterocycles. The van der Waals surface area contributed by atoms with Crippen molar-refractivity contribution in [2.45, 2.75) is 36.6 Å². The van der Waals surface area contributed by atoms with E-state index in [0.717, 1.165) is 12.2 Å². The fraction of sp³-hybridized carbons (Fsp3) is 0.320. The van der Waals surface area contributed by atoms with Crippen LogP contribution in [0.3, 0.4) is 0 Å². The predicted molar refractivity (Wildman–Crippen MR) is 121 cm³/mol. The second-order valence-electron chi connectivity index (χ2n) is 8.61. The first-order valence-corrected chi connectivity index (χ1v) is 18.0. The van der Waals surface area contributed by atoms with Gasteiger partial charge in [0.1, 0.15) is 0 Å². The van der Waals surface area contributed by atoms with Gasteiger partial charge in [-0.05, 0) is 0 Å². The number of rotatable bonds is 7. The van der Waals surface area contributed by atoms with E-state index in [1.807, 2.05) is 0 Å². The molecule has 0 atom stereocenters. The van der Waals surface area contributed by atoms with Gasteiger partial charge in [-0.3, -0.25) is 0 Å². The molecule has 2 nitrogen and oxygen atoms in total. The molecule has 0 heterocycles. The zero-order valence-corrected chi connectivity index (χ0v) is 23.6. The molecule has 2 aliphatic carbocycles. The number of hydrogen-bond donors (Lipinski definition) is 0. The molecular formula is C25H30Cl2O2SiZr. The maximum absolute atomic E-state index is 6.25. The molecular weight excluding hydrogens is 522 g/mol. The number of benzene rings is 2. The van der Waals surface area contributed by atoms with Gasteiger partial charge in [-0.25, -0.2) is 0 Å². The molecule has 6 heteroatoms. The molecule has 0 unspecified atom stereocenters. The van der Waals surface area contributed by atoms with Gasteiger partial charge in [-0.15, -0.1) is 0 Å². The molecule has 2 aliphatic rings. The molecule has 2 aromatic carbocycles. The number of ether oxygens (including phenoxy) is 1. The first-order chi connectivity index (χ1) is 14.0. The normalized spacial score (nSPS) is 14.7. The summed E-state index contributed by atoms with van der Waals surface area (Å²) < 4.78 is 16.9. The van der Waals surface area contributed by atoms with Crippen molar-refractivity contribution >= 4 is 12.0 Å². The Kier molecular flexibility index (Phi) is 9.73. The van der Waals surface area contributed by atoms with Gasteiger partial charge >= 0.3 is 184 Å². The van der Waals surface area contributed by atoms with Crippen LogP contribution in [0.15, 0.2) is 69.7 Å². The summed E-state index contributed by atoms with van der Waals surface area (Å²) in [7, 11) is -1.49. The summed E-state index contributed by atoms with van der Waals surface area (Å²) in [6.45, 7) is 10.3. The van der Waals surface area contributed by atoms with Crippen molar-refractivity contribution in [2.75, 3.05) is 13.2 Å². The third-order valence-corrected chi connectivity index (χ3v) is 14.0. The topological polar surface area (TPSA) is 18.5 Å². The number of allylic oxidation sites excluding steroid dienone is 3. The fourth-order valence-electron chi connectivity index (χ4n) is 4.39. The van der Waals surface area contributed by atoms with Gasteiger partial charge in [0.25, 0.3) is 0 Å². The molecule has 0 N–H and O–H groups in total. The molecule has 4 rings (SSSR count). The van der Waals surface area contributed by atoms with E-state index in [1.54, 1.807) is 3.28 Å². The molecule has 0 radical (unpaired) electrons. The zero-order chi connectivity index (χ0) is 20.4. The average Bonchev–Trinajstić information content (AvgIpc) is 3.29. The van der Waals surface area contributed by atoms with Gasteiger partial charge in [-0.1, -0.05) is 0 Å². The summed E-state index contributed by atoms with van der Waals surface area (Å²) in [6, 6.07) is 18.0. The summed E-state index contributed by atoms with van der Waals surface area (Å²) >= 11 is -2.12. The van der Waals surface area contributed by atoms with Crippen LogP contribution in [0.5, 0.6) is 0 Å². The zero-order valence-electron chi connectivity index (χ0n) is 18.6. The van der Waals surface area contributed by atoms with E-state index in [9.17, 15) is 0 Å². The standard InChI is InChI=1S/C13H9.C10H17O2Si.C2H4.2ClH.Zr/c1-3-7-12-10(5-1)9-11-6-2-4-8-13(11)12;1-13(2,3)12-9-8-11-10-6-4-5-7-10;1-2;;;/h1-9H;4,6H,5,8-9H2,1-3H3;1H,2H3;2*1H;/q;;;;;+2/p-2. The van der Waals surface area contributed by atoms with Crippen LogP contribution in [0.2, 0.25) is 19.6 Å². The van der Waals surface area contributed by atoms with E-state index in [4.69, 9.17) is 9.16 Å². The van der Waals surface area contributed by atoms with E-state index in [-0.39, 0.29) is 24.8 Å². The Labute approximate surface area is 207 Å². The molecule has 31 heavy (non-hydrogen) atoms. The Morgan fingerprint density at radius 2 is 1.52 bits per heavy atom. The van der Waals surface area contributed by atoms with Crippen molar-refractivity contribution in [1.29, 1.82) is 0 Å². The predicted octanol–water partition coefficient (Wildman–Crippen LogP) is 0.244. The minimum absolute atomic E-state index is 0. The molecule has 0 fully saturated rings. The molecule has 0 aromatic heterocycles. The van der Waals surface area contributed by atoms with E-state index in [0.29, 0.717) is 16.8 Å². The van der Waals surface area contributed by atoms with Gasteiger partial charge in [-0.2, -0.15) is 0 Å². The van der Waals surface area contributed by atoms with Crippen molar-refractivity contribution in [3.8, 4) is 11.1 Å². The number of hydrogen-bond acceptors (Lipinski definition) is 2. The summed E-state index contributed by atoms with van der Waals surface area (Å²) in [5.41, 5.74) is 5.88. The van der Waals surface area contributed by atoms with Crippen LogP contribution in [0.1, 0.15) is 28.1 Å². The Morgan fingerprint density at radius 3 is 2.06 bits per heavy atom. The van der Waals surface area contributed by atoms with Gasteiger partial charge in [0.05, 0.1) is 0 Å². The Bertz CT molecular complexity index is 963. The van der Waals surface area contributed by atoms with Crippen molar-refractivity contribution in [2.24, 2.45) is 0 Å². The number of fused-ring (bicyclic) bond motifs is 3. The summed E-state index contributed by atoms with van der Waals surface area (Å²) in [4.78, 5) is 0. The second-order valence-corrected chi connectivity index (χ2v) is 19.7. The first-order valence-electron chi connectivity index (χ1n) is 10.5. The van der Waals surface area contributed by atoms with Gasteiger partial charge in [0, 0.05) is 0 Å². The minimum Gasteiger partial charge on any atom is -1.00 e. The van der Waals surface area contributed by atoms with E-state index in [1.165, 1.54) is 22.3 Å². The minimum atomic E-state index is -2.12. The first kappa shape index (κ1) is 26.5. The smallest absolute Gasteiger partial charge is 1.00 e. The third-order valence-electron chi connectivity index (χ3n) is 5.57. The Hall–Kier alpha value is -0.770. The van der Waals surface area contributed by atoms with Crippen LogP contribution >= 0.6 is 0 Å². The van der Waals surface area contributed by atoms with Crippen LogP contribution < -0.4 is 24.8 Å². The summed E-state index contributed by atoms with van der Waals surface area (Å²) in [6.07, 6.45) is 5.52. The monoisotopic (exact) mass is 550 g/mol. The van der Waals surface area contributed by atoms with Gasteiger partial charge in [0.15, 0.2) is 0 Å². The van der Waals surface area contributed by atoms with E-state index < -0.39 is 29.6 Å². The average molecular weight is 553 g/mol. The van der Waals surface area contributed by atoms with Crippen LogP contribution in [-0.2, 0) is 30.4 Å². The van der Waals surface area contributed by atoms with Crippen LogP contribution in [0.4, 0.5) is 0 Å². The van der Waals surface area contributed by atoms with Crippen molar-refractivity contribution < 1.29 is 55.2 Å². The molecule has 2 aromatic rings. The molecule has 0 spiro atoms. The van der Waals surface area contributed by atoms with Crippen LogP contribution in [-0.4, -0.2) is 25.2 Å². The Balaban J connectivity index is 0.00000171. The summed E-state index contributed by atoms with van der Waals surface area (Å²) in [5, 5.41) is 0. The molecule has 0 aliphatic heterocycles. The van der Waals surface area contributed by atoms with Crippen molar-refractivity contribution in [3.63, 3.8) is 0 Å². The largest absolute Gasteiger partial charge is 1.00 e. The maximum atomic E-state index is 6.25. The van der Waals surface area contributed by atoms with Crippen molar-refractivity contribution in [3.05, 3.63) is 80.9 Å².